The molecular weight excluding hydrogens is 372 g/mol. The standard InChI is InChI=1S/C27H32O3/c28-27(29)17-12-20-10-15-25(16-11-20)30-19-24-8-2-1-3-9-26(24)23-14-13-21-6-4-5-7-22(21)18-23/h10-11,13-16,18H,1-9,12,17,19H2,(H,28,29). The lowest BCUT2D eigenvalue weighted by Gasteiger charge is -2.19. The number of allylic oxidation sites excluding steroid dienone is 1. The summed E-state index contributed by atoms with van der Waals surface area (Å²) in [6, 6.07) is 15.0. The van der Waals surface area contributed by atoms with Gasteiger partial charge < -0.3 is 9.84 Å². The molecule has 0 saturated heterocycles. The van der Waals surface area contributed by atoms with Gasteiger partial charge in [0, 0.05) is 6.42 Å². The fourth-order valence-corrected chi connectivity index (χ4v) is 4.75. The molecule has 0 aliphatic heterocycles. The minimum absolute atomic E-state index is 0.164. The molecule has 0 heterocycles. The van der Waals surface area contributed by atoms with Crippen LogP contribution < -0.4 is 4.74 Å². The van der Waals surface area contributed by atoms with Crippen molar-refractivity contribution in [3.05, 3.63) is 70.3 Å². The summed E-state index contributed by atoms with van der Waals surface area (Å²) in [6.45, 7) is 0.640. The quantitative estimate of drug-likeness (QED) is 0.582. The van der Waals surface area contributed by atoms with Crippen molar-refractivity contribution in [3.63, 3.8) is 0 Å². The van der Waals surface area contributed by atoms with Crippen molar-refractivity contribution in [2.45, 2.75) is 70.6 Å². The van der Waals surface area contributed by atoms with Crippen molar-refractivity contribution in [3.8, 4) is 5.75 Å². The van der Waals surface area contributed by atoms with Crippen LogP contribution >= 0.6 is 0 Å². The van der Waals surface area contributed by atoms with Gasteiger partial charge in [-0.3, -0.25) is 4.79 Å². The molecule has 0 amide bonds. The van der Waals surface area contributed by atoms with E-state index in [2.05, 4.69) is 18.2 Å². The number of carboxylic acids is 1. The fraction of sp³-hybridized carbons (Fsp3) is 0.444. The molecule has 2 aliphatic carbocycles. The van der Waals surface area contributed by atoms with Crippen molar-refractivity contribution in [2.24, 2.45) is 0 Å². The largest absolute Gasteiger partial charge is 0.489 e. The Hall–Kier alpha value is -2.55. The summed E-state index contributed by atoms with van der Waals surface area (Å²) in [5.74, 6) is 0.0981. The van der Waals surface area contributed by atoms with Gasteiger partial charge in [-0.05, 0) is 103 Å². The Labute approximate surface area is 179 Å². The summed E-state index contributed by atoms with van der Waals surface area (Å²) in [5, 5.41) is 8.84. The molecule has 4 rings (SSSR count). The summed E-state index contributed by atoms with van der Waals surface area (Å²) in [4.78, 5) is 10.7. The molecule has 3 heteroatoms. The zero-order chi connectivity index (χ0) is 20.8. The number of rotatable bonds is 7. The Kier molecular flexibility index (Phi) is 6.88. The van der Waals surface area contributed by atoms with Crippen molar-refractivity contribution < 1.29 is 14.6 Å². The monoisotopic (exact) mass is 404 g/mol. The van der Waals surface area contributed by atoms with Crippen molar-refractivity contribution in [1.82, 2.24) is 0 Å². The number of carboxylic acid groups (broad SMARTS) is 1. The van der Waals surface area contributed by atoms with Crippen LogP contribution in [-0.2, 0) is 24.1 Å². The van der Waals surface area contributed by atoms with E-state index >= 15 is 0 Å². The van der Waals surface area contributed by atoms with E-state index in [1.165, 1.54) is 61.7 Å². The molecule has 30 heavy (non-hydrogen) atoms. The summed E-state index contributed by atoms with van der Waals surface area (Å²) in [7, 11) is 0. The molecule has 2 aromatic carbocycles. The van der Waals surface area contributed by atoms with Gasteiger partial charge in [-0.1, -0.05) is 36.8 Å². The Morgan fingerprint density at radius 1 is 0.833 bits per heavy atom. The molecular formula is C27H32O3. The normalized spacial score (nSPS) is 16.7. The zero-order valence-electron chi connectivity index (χ0n) is 17.8. The SMILES string of the molecule is O=C(O)CCc1ccc(OCC2=C(c3ccc4c(c3)CCCC4)CCCCC2)cc1. The van der Waals surface area contributed by atoms with Gasteiger partial charge in [-0.25, -0.2) is 0 Å². The number of hydrogen-bond donors (Lipinski definition) is 1. The van der Waals surface area contributed by atoms with E-state index in [1.807, 2.05) is 24.3 Å². The van der Waals surface area contributed by atoms with Gasteiger partial charge in [0.05, 0.1) is 0 Å². The van der Waals surface area contributed by atoms with E-state index in [4.69, 9.17) is 9.84 Å². The minimum atomic E-state index is -0.759. The molecule has 2 aliphatic rings. The fourth-order valence-electron chi connectivity index (χ4n) is 4.75. The van der Waals surface area contributed by atoms with Crippen molar-refractivity contribution >= 4 is 11.5 Å². The topological polar surface area (TPSA) is 46.5 Å². The Bertz CT molecular complexity index is 908. The van der Waals surface area contributed by atoms with Crippen molar-refractivity contribution in [2.75, 3.05) is 6.61 Å². The number of ether oxygens (including phenoxy) is 1. The summed E-state index contributed by atoms with van der Waals surface area (Å²) in [6.07, 6.45) is 11.8. The highest BCUT2D eigenvalue weighted by molar-refractivity contribution is 5.70. The van der Waals surface area contributed by atoms with E-state index in [1.54, 1.807) is 11.1 Å². The Balaban J connectivity index is 1.48. The van der Waals surface area contributed by atoms with Crippen LogP contribution in [0.5, 0.6) is 5.75 Å². The van der Waals surface area contributed by atoms with E-state index in [9.17, 15) is 4.79 Å². The van der Waals surface area contributed by atoms with E-state index in [0.717, 1.165) is 24.2 Å². The number of hydrogen-bond acceptors (Lipinski definition) is 2. The molecule has 0 atom stereocenters. The molecule has 1 N–H and O–H groups in total. The van der Waals surface area contributed by atoms with Gasteiger partial charge in [-0.2, -0.15) is 0 Å². The average Bonchev–Trinajstić information content (AvgIpc) is 3.02. The van der Waals surface area contributed by atoms with Gasteiger partial charge >= 0.3 is 5.97 Å². The van der Waals surface area contributed by atoms with Gasteiger partial charge in [0.15, 0.2) is 0 Å². The second-order valence-corrected chi connectivity index (χ2v) is 8.66. The lowest BCUT2D eigenvalue weighted by atomic mass is 9.87. The first-order chi connectivity index (χ1) is 14.7. The molecule has 0 aromatic heterocycles. The van der Waals surface area contributed by atoms with Crippen molar-refractivity contribution in [1.29, 1.82) is 0 Å². The van der Waals surface area contributed by atoms with Crippen LogP contribution in [0, 0.1) is 0 Å². The number of fused-ring (bicyclic) bond motifs is 1. The number of aliphatic carboxylic acids is 1. The molecule has 2 aromatic rings. The van der Waals surface area contributed by atoms with Crippen LogP contribution in [0.15, 0.2) is 48.0 Å². The van der Waals surface area contributed by atoms with Crippen LogP contribution in [0.25, 0.3) is 5.57 Å². The van der Waals surface area contributed by atoms with E-state index in [-0.39, 0.29) is 6.42 Å². The summed E-state index contributed by atoms with van der Waals surface area (Å²) >= 11 is 0. The van der Waals surface area contributed by atoms with Gasteiger partial charge in [0.1, 0.15) is 12.4 Å². The lowest BCUT2D eigenvalue weighted by molar-refractivity contribution is -0.136. The third-order valence-electron chi connectivity index (χ3n) is 6.49. The van der Waals surface area contributed by atoms with Crippen LogP contribution in [0.1, 0.15) is 73.6 Å². The smallest absolute Gasteiger partial charge is 0.303 e. The summed E-state index contributed by atoms with van der Waals surface area (Å²) < 4.78 is 6.17. The molecule has 0 spiro atoms. The van der Waals surface area contributed by atoms with Gasteiger partial charge in [-0.15, -0.1) is 0 Å². The highest BCUT2D eigenvalue weighted by Crippen LogP contribution is 2.34. The molecule has 0 radical (unpaired) electrons. The van der Waals surface area contributed by atoms with E-state index < -0.39 is 5.97 Å². The second-order valence-electron chi connectivity index (χ2n) is 8.66. The average molecular weight is 405 g/mol. The first-order valence-electron chi connectivity index (χ1n) is 11.5. The lowest BCUT2D eigenvalue weighted by Crippen LogP contribution is -2.06. The van der Waals surface area contributed by atoms with E-state index in [0.29, 0.717) is 13.0 Å². The maximum atomic E-state index is 10.7. The third-order valence-corrected chi connectivity index (χ3v) is 6.49. The maximum Gasteiger partial charge on any atom is 0.303 e. The highest BCUT2D eigenvalue weighted by Gasteiger charge is 2.16. The van der Waals surface area contributed by atoms with Crippen LogP contribution in [0.4, 0.5) is 0 Å². The maximum absolute atomic E-state index is 10.7. The first kappa shape index (κ1) is 20.7. The third kappa shape index (κ3) is 5.33. The van der Waals surface area contributed by atoms with Crippen LogP contribution in [0.2, 0.25) is 0 Å². The highest BCUT2D eigenvalue weighted by atomic mass is 16.5. The van der Waals surface area contributed by atoms with Crippen LogP contribution in [-0.4, -0.2) is 17.7 Å². The predicted molar refractivity (Wildman–Crippen MR) is 121 cm³/mol. The Morgan fingerprint density at radius 3 is 2.37 bits per heavy atom. The van der Waals surface area contributed by atoms with Crippen LogP contribution in [0.3, 0.4) is 0 Å². The number of aryl methyl sites for hydroxylation is 3. The molecule has 3 nitrogen and oxygen atoms in total. The molecule has 0 fully saturated rings. The number of benzene rings is 2. The van der Waals surface area contributed by atoms with Gasteiger partial charge in [0.2, 0.25) is 0 Å². The predicted octanol–water partition coefficient (Wildman–Crippen LogP) is 6.38. The Morgan fingerprint density at radius 2 is 1.57 bits per heavy atom. The second kappa shape index (κ2) is 9.97. The molecule has 0 saturated carbocycles. The zero-order valence-corrected chi connectivity index (χ0v) is 17.8. The molecule has 0 bridgehead atoms. The first-order valence-corrected chi connectivity index (χ1v) is 11.5. The minimum Gasteiger partial charge on any atom is -0.489 e. The molecule has 0 unspecified atom stereocenters. The summed E-state index contributed by atoms with van der Waals surface area (Å²) in [5.41, 5.74) is 8.47. The van der Waals surface area contributed by atoms with Gasteiger partial charge in [0.25, 0.3) is 0 Å². The molecule has 158 valence electrons. The number of carbonyl (C=O) groups is 1.